The summed E-state index contributed by atoms with van der Waals surface area (Å²) in [6.45, 7) is 0. The Morgan fingerprint density at radius 1 is 0.939 bits per heavy atom. The van der Waals surface area contributed by atoms with E-state index in [4.69, 9.17) is 17.6 Å². The van der Waals surface area contributed by atoms with Crippen LogP contribution in [0.1, 0.15) is 23.1 Å². The maximum Gasteiger partial charge on any atom is 0.227 e. The first-order chi connectivity index (χ1) is 16.0. The molecular weight excluding hydrogens is 494 g/mol. The standard InChI is InChI=1S/C27H20BrN3OS/c28-22-12-10-19(11-13-22)24-23(16-29)26(33)30-27(32,21-8-2-1-3-9-21)25(24)31-15-14-18-6-4-5-7-20(18)17-31/h1-15,17,24-25,29,32H/p+1. The lowest BCUT2D eigenvalue weighted by atomic mass is 9.74. The topological polar surface area (TPSA) is 60.0 Å². The Morgan fingerprint density at radius 3 is 2.30 bits per heavy atom. The number of rotatable bonds is 3. The number of aliphatic hydroxyl groups is 1. The van der Waals surface area contributed by atoms with Crippen LogP contribution in [0, 0.1) is 5.41 Å². The molecule has 1 fully saturated rings. The number of benzene rings is 3. The molecule has 3 unspecified atom stereocenters. The summed E-state index contributed by atoms with van der Waals surface area (Å²) in [4.78, 5) is 0.321. The molecule has 33 heavy (non-hydrogen) atoms. The molecule has 3 N–H and O–H groups in total. The Labute approximate surface area is 205 Å². The summed E-state index contributed by atoms with van der Waals surface area (Å²) >= 11 is 9.16. The normalized spacial score (nSPS) is 22.6. The van der Waals surface area contributed by atoms with Crippen molar-refractivity contribution in [1.29, 1.82) is 5.41 Å². The Morgan fingerprint density at radius 2 is 1.61 bits per heavy atom. The van der Waals surface area contributed by atoms with Crippen LogP contribution >= 0.6 is 28.1 Å². The van der Waals surface area contributed by atoms with Crippen molar-refractivity contribution < 1.29 is 9.67 Å². The number of nitrogens with zero attached hydrogens (tertiary/aromatic N) is 1. The molecule has 6 heteroatoms. The third kappa shape index (κ3) is 3.81. The van der Waals surface area contributed by atoms with Gasteiger partial charge in [0.1, 0.15) is 4.99 Å². The van der Waals surface area contributed by atoms with Crippen LogP contribution in [0.4, 0.5) is 0 Å². The van der Waals surface area contributed by atoms with Gasteiger partial charge in [0.05, 0.1) is 11.5 Å². The predicted molar refractivity (Wildman–Crippen MR) is 137 cm³/mol. The third-order valence-electron chi connectivity index (χ3n) is 6.21. The maximum atomic E-state index is 12.3. The average molecular weight is 515 g/mol. The smallest absolute Gasteiger partial charge is 0.227 e. The van der Waals surface area contributed by atoms with Crippen LogP contribution in [0.5, 0.6) is 0 Å². The molecular formula is C27H21BrN3OS+. The Hall–Kier alpha value is -3.15. The zero-order valence-corrected chi connectivity index (χ0v) is 20.0. The first-order valence-corrected chi connectivity index (χ1v) is 11.8. The van der Waals surface area contributed by atoms with E-state index in [0.717, 1.165) is 20.8 Å². The van der Waals surface area contributed by atoms with Gasteiger partial charge in [-0.2, -0.15) is 4.57 Å². The van der Waals surface area contributed by atoms with Crippen molar-refractivity contribution in [3.05, 3.63) is 118 Å². The fraction of sp³-hybridized carbons (Fsp3) is 0.111. The number of thiocarbonyl (C=S) groups is 1. The van der Waals surface area contributed by atoms with Crippen LogP contribution in [0.2, 0.25) is 0 Å². The molecule has 1 aromatic heterocycles. The van der Waals surface area contributed by atoms with Crippen LogP contribution in [0.25, 0.3) is 10.8 Å². The highest BCUT2D eigenvalue weighted by Crippen LogP contribution is 2.45. The van der Waals surface area contributed by atoms with Gasteiger partial charge in [-0.25, -0.2) is 0 Å². The number of fused-ring (bicyclic) bond motifs is 1. The average Bonchev–Trinajstić information content (AvgIpc) is 2.84. The van der Waals surface area contributed by atoms with E-state index >= 15 is 0 Å². The lowest BCUT2D eigenvalue weighted by Gasteiger charge is -2.43. The van der Waals surface area contributed by atoms with E-state index in [1.54, 1.807) is 0 Å². The Balaban J connectivity index is 1.80. The molecule has 0 aliphatic carbocycles. The number of piperidine rings is 1. The molecule has 5 rings (SSSR count). The summed E-state index contributed by atoms with van der Waals surface area (Å²) in [6, 6.07) is 27.1. The van der Waals surface area contributed by atoms with Crippen LogP contribution < -0.4 is 9.88 Å². The molecule has 0 spiro atoms. The van der Waals surface area contributed by atoms with Gasteiger partial charge in [-0.15, -0.1) is 0 Å². The van der Waals surface area contributed by atoms with Crippen molar-refractivity contribution >= 4 is 49.8 Å². The highest BCUT2D eigenvalue weighted by atomic mass is 79.9. The first kappa shape index (κ1) is 21.7. The maximum absolute atomic E-state index is 12.3. The number of nitrogens with one attached hydrogen (secondary N) is 2. The van der Waals surface area contributed by atoms with Crippen molar-refractivity contribution in [2.24, 2.45) is 0 Å². The van der Waals surface area contributed by atoms with Crippen molar-refractivity contribution in [2.75, 3.05) is 0 Å². The van der Waals surface area contributed by atoms with E-state index in [9.17, 15) is 5.11 Å². The number of halogens is 1. The molecule has 4 nitrogen and oxygen atoms in total. The largest absolute Gasteiger partial charge is 0.362 e. The molecule has 0 radical (unpaired) electrons. The highest BCUT2D eigenvalue weighted by Gasteiger charge is 2.56. The predicted octanol–water partition coefficient (Wildman–Crippen LogP) is 5.17. The van der Waals surface area contributed by atoms with Crippen molar-refractivity contribution in [3.8, 4) is 0 Å². The van der Waals surface area contributed by atoms with Crippen molar-refractivity contribution in [1.82, 2.24) is 5.32 Å². The van der Waals surface area contributed by atoms with Crippen LogP contribution in [-0.2, 0) is 5.72 Å². The minimum absolute atomic E-state index is 0.321. The van der Waals surface area contributed by atoms with Crippen molar-refractivity contribution in [3.63, 3.8) is 0 Å². The van der Waals surface area contributed by atoms with E-state index in [0.29, 0.717) is 16.1 Å². The zero-order chi connectivity index (χ0) is 23.0. The van der Waals surface area contributed by atoms with Gasteiger partial charge in [0.15, 0.2) is 12.4 Å². The van der Waals surface area contributed by atoms with Gasteiger partial charge < -0.3 is 10.4 Å². The summed E-state index contributed by atoms with van der Waals surface area (Å²) in [5.41, 5.74) is 0.670. The minimum Gasteiger partial charge on any atom is -0.362 e. The van der Waals surface area contributed by atoms with Gasteiger partial charge in [-0.1, -0.05) is 88.8 Å². The molecule has 0 bridgehead atoms. The van der Waals surface area contributed by atoms with Gasteiger partial charge in [0.2, 0.25) is 11.8 Å². The molecule has 162 valence electrons. The van der Waals surface area contributed by atoms with E-state index in [2.05, 4.69) is 39.2 Å². The first-order valence-electron chi connectivity index (χ1n) is 10.6. The fourth-order valence-corrected chi connectivity index (χ4v) is 5.25. The van der Waals surface area contributed by atoms with Crippen LogP contribution in [0.15, 0.2) is 107 Å². The lowest BCUT2D eigenvalue weighted by Crippen LogP contribution is -2.65. The van der Waals surface area contributed by atoms with E-state index in [1.807, 2.05) is 89.8 Å². The van der Waals surface area contributed by atoms with E-state index in [1.165, 1.54) is 0 Å². The zero-order valence-electron chi connectivity index (χ0n) is 17.6. The van der Waals surface area contributed by atoms with Crippen molar-refractivity contribution in [2.45, 2.75) is 17.7 Å². The molecule has 0 amide bonds. The summed E-state index contributed by atoms with van der Waals surface area (Å²) in [5.74, 6) is 2.17. The molecule has 1 aliphatic rings. The van der Waals surface area contributed by atoms with Gasteiger partial charge in [-0.3, -0.25) is 5.41 Å². The number of pyridine rings is 1. The summed E-state index contributed by atoms with van der Waals surface area (Å²) < 4.78 is 2.98. The molecule has 1 saturated heterocycles. The highest BCUT2D eigenvalue weighted by molar-refractivity contribution is 9.10. The molecule has 1 aliphatic heterocycles. The monoisotopic (exact) mass is 514 g/mol. The second kappa shape index (κ2) is 8.65. The quantitative estimate of drug-likeness (QED) is 0.153. The molecule has 3 atom stereocenters. The summed E-state index contributed by atoms with van der Waals surface area (Å²) in [7, 11) is 0. The van der Waals surface area contributed by atoms with Crippen LogP contribution in [0.3, 0.4) is 0 Å². The molecule has 4 aromatic rings. The van der Waals surface area contributed by atoms with Gasteiger partial charge >= 0.3 is 0 Å². The van der Waals surface area contributed by atoms with E-state index < -0.39 is 17.7 Å². The Bertz CT molecular complexity index is 1400. The number of hydrogen-bond acceptors (Lipinski definition) is 3. The second-order valence-corrected chi connectivity index (χ2v) is 9.44. The fourth-order valence-electron chi connectivity index (χ4n) is 4.65. The summed E-state index contributed by atoms with van der Waals surface area (Å²) in [6.07, 6.45) is 4.02. The Kier molecular flexibility index (Phi) is 5.69. The molecule has 0 saturated carbocycles. The summed E-state index contributed by atoms with van der Waals surface area (Å²) in [5, 5.41) is 25.6. The van der Waals surface area contributed by atoms with Gasteiger partial charge in [0.25, 0.3) is 0 Å². The molecule has 3 aromatic carbocycles. The third-order valence-corrected chi connectivity index (χ3v) is 7.06. The van der Waals surface area contributed by atoms with Crippen LogP contribution in [-0.4, -0.2) is 16.0 Å². The number of aromatic nitrogens is 1. The lowest BCUT2D eigenvalue weighted by molar-refractivity contribution is -0.742. The van der Waals surface area contributed by atoms with E-state index in [-0.39, 0.29) is 0 Å². The number of hydrogen-bond donors (Lipinski definition) is 3. The van der Waals surface area contributed by atoms with Gasteiger partial charge in [0, 0.05) is 21.5 Å². The van der Waals surface area contributed by atoms with Gasteiger partial charge in [-0.05, 0) is 35.0 Å². The minimum atomic E-state index is -1.51. The second-order valence-electron chi connectivity index (χ2n) is 8.12. The SMILES string of the molecule is N=C=C1C(=S)NC(O)(c2ccccc2)C([n+]2ccc3ccccc3c2)C1c1ccc(Br)cc1. The molecule has 2 heterocycles.